The standard InChI is InChI=1S/C27H17NO6/c29-19-13-20(14-5-2-1-3-6-14)33-26-22-17(15-8-9-18-16(11-15)7-4-10-28-18)12-21(30)34-27(22)25(32)24(31)23(19)26/h1-11,13,17,31-32H,12H2/t17-/m0/s1. The normalized spacial score (nSPS) is 15.3. The van der Waals surface area contributed by atoms with E-state index in [0.29, 0.717) is 16.9 Å². The van der Waals surface area contributed by atoms with Gasteiger partial charge in [-0.3, -0.25) is 14.6 Å². The average molecular weight is 451 g/mol. The summed E-state index contributed by atoms with van der Waals surface area (Å²) < 4.78 is 11.5. The van der Waals surface area contributed by atoms with Crippen LogP contribution in [0.2, 0.25) is 0 Å². The molecular weight excluding hydrogens is 434 g/mol. The van der Waals surface area contributed by atoms with Crippen LogP contribution in [0.25, 0.3) is 33.2 Å². The number of hydrogen-bond acceptors (Lipinski definition) is 7. The van der Waals surface area contributed by atoms with Crippen molar-refractivity contribution in [1.82, 2.24) is 4.98 Å². The lowest BCUT2D eigenvalue weighted by molar-refractivity contribution is -0.135. The number of carbonyl (C=O) groups excluding carboxylic acids is 1. The van der Waals surface area contributed by atoms with Crippen molar-refractivity contribution >= 4 is 27.8 Å². The first-order valence-electron chi connectivity index (χ1n) is 10.7. The summed E-state index contributed by atoms with van der Waals surface area (Å²) in [5.74, 6) is -2.40. The van der Waals surface area contributed by atoms with Crippen LogP contribution < -0.4 is 10.2 Å². The molecule has 0 saturated heterocycles. The molecule has 1 atom stereocenters. The summed E-state index contributed by atoms with van der Waals surface area (Å²) in [5.41, 5.74) is 2.11. The van der Waals surface area contributed by atoms with E-state index in [2.05, 4.69) is 4.98 Å². The van der Waals surface area contributed by atoms with Crippen molar-refractivity contribution in [3.63, 3.8) is 0 Å². The highest BCUT2D eigenvalue weighted by Gasteiger charge is 2.36. The Morgan fingerprint density at radius 1 is 0.912 bits per heavy atom. The Labute approximate surface area is 192 Å². The number of benzene rings is 3. The van der Waals surface area contributed by atoms with Crippen molar-refractivity contribution in [2.75, 3.05) is 0 Å². The summed E-state index contributed by atoms with van der Waals surface area (Å²) in [7, 11) is 0. The van der Waals surface area contributed by atoms with Crippen molar-refractivity contribution in [2.45, 2.75) is 12.3 Å². The number of aromatic hydroxyl groups is 2. The molecule has 2 aromatic heterocycles. The Hall–Kier alpha value is -4.65. The van der Waals surface area contributed by atoms with E-state index in [9.17, 15) is 19.8 Å². The van der Waals surface area contributed by atoms with Crippen LogP contribution in [0.1, 0.15) is 23.5 Å². The zero-order chi connectivity index (χ0) is 23.4. The SMILES string of the molecule is O=C1C[C@@H](c2ccc3ncccc3c2)c2c(c(O)c(O)c3c(=O)cc(-c4ccccc4)oc23)O1. The van der Waals surface area contributed by atoms with Gasteiger partial charge in [0.15, 0.2) is 16.9 Å². The number of carbonyl (C=O) groups is 1. The second-order valence-electron chi connectivity index (χ2n) is 8.17. The highest BCUT2D eigenvalue weighted by atomic mass is 16.5. The maximum atomic E-state index is 13.1. The molecule has 3 aromatic carbocycles. The predicted octanol–water partition coefficient (Wildman–Crippen LogP) is 4.86. The first-order valence-corrected chi connectivity index (χ1v) is 10.7. The van der Waals surface area contributed by atoms with Crippen molar-refractivity contribution in [3.05, 3.63) is 94.3 Å². The fourth-order valence-corrected chi connectivity index (χ4v) is 4.55. The number of nitrogens with zero attached hydrogens (tertiary/aromatic N) is 1. The summed E-state index contributed by atoms with van der Waals surface area (Å²) in [6.07, 6.45) is 1.67. The number of esters is 1. The second kappa shape index (κ2) is 7.45. The molecule has 1 aliphatic rings. The fraction of sp³-hybridized carbons (Fsp3) is 0.0741. The monoisotopic (exact) mass is 451 g/mol. The summed E-state index contributed by atoms with van der Waals surface area (Å²) in [6.45, 7) is 0. The van der Waals surface area contributed by atoms with E-state index in [1.807, 2.05) is 48.5 Å². The molecule has 0 amide bonds. The largest absolute Gasteiger partial charge is 0.504 e. The maximum absolute atomic E-state index is 13.1. The molecule has 7 heteroatoms. The zero-order valence-corrected chi connectivity index (χ0v) is 17.7. The van der Waals surface area contributed by atoms with Gasteiger partial charge in [-0.1, -0.05) is 42.5 Å². The zero-order valence-electron chi connectivity index (χ0n) is 17.7. The molecule has 0 radical (unpaired) electrons. The van der Waals surface area contributed by atoms with Crippen LogP contribution in [-0.4, -0.2) is 21.2 Å². The molecule has 2 N–H and O–H groups in total. The predicted molar refractivity (Wildman–Crippen MR) is 125 cm³/mol. The minimum atomic E-state index is -0.682. The molecule has 0 spiro atoms. The van der Waals surface area contributed by atoms with Gasteiger partial charge in [0.25, 0.3) is 0 Å². The minimum absolute atomic E-state index is 0.0304. The number of hydrogen-bond donors (Lipinski definition) is 2. The third kappa shape index (κ3) is 3.02. The van der Waals surface area contributed by atoms with Crippen molar-refractivity contribution in [3.8, 4) is 28.6 Å². The molecular formula is C27H17NO6. The molecule has 7 nitrogen and oxygen atoms in total. The third-order valence-corrected chi connectivity index (χ3v) is 6.14. The fourth-order valence-electron chi connectivity index (χ4n) is 4.55. The van der Waals surface area contributed by atoms with Crippen molar-refractivity contribution in [2.24, 2.45) is 0 Å². The van der Waals surface area contributed by atoms with E-state index < -0.39 is 28.8 Å². The Balaban J connectivity index is 1.68. The lowest BCUT2D eigenvalue weighted by atomic mass is 9.84. The van der Waals surface area contributed by atoms with Crippen LogP contribution in [0.15, 0.2) is 82.1 Å². The highest BCUT2D eigenvalue weighted by Crippen LogP contribution is 2.52. The van der Waals surface area contributed by atoms with Gasteiger partial charge in [0.1, 0.15) is 16.7 Å². The molecule has 1 aliphatic heterocycles. The summed E-state index contributed by atoms with van der Waals surface area (Å²) in [4.78, 5) is 29.9. The smallest absolute Gasteiger partial charge is 0.312 e. The van der Waals surface area contributed by atoms with Crippen LogP contribution in [0.4, 0.5) is 0 Å². The Morgan fingerprint density at radius 2 is 1.74 bits per heavy atom. The molecule has 0 unspecified atom stereocenters. The third-order valence-electron chi connectivity index (χ3n) is 6.14. The number of phenols is 2. The molecule has 0 saturated carbocycles. The van der Waals surface area contributed by atoms with Gasteiger partial charge < -0.3 is 19.4 Å². The highest BCUT2D eigenvalue weighted by molar-refractivity contribution is 5.96. The lowest BCUT2D eigenvalue weighted by Crippen LogP contribution is -2.22. The number of pyridine rings is 1. The van der Waals surface area contributed by atoms with Crippen LogP contribution in [0.5, 0.6) is 17.2 Å². The number of aromatic nitrogens is 1. The van der Waals surface area contributed by atoms with E-state index in [1.165, 1.54) is 6.07 Å². The Kier molecular flexibility index (Phi) is 4.38. The second-order valence-corrected chi connectivity index (χ2v) is 8.17. The van der Waals surface area contributed by atoms with E-state index in [1.54, 1.807) is 18.3 Å². The van der Waals surface area contributed by atoms with Gasteiger partial charge in [0.2, 0.25) is 5.75 Å². The lowest BCUT2D eigenvalue weighted by Gasteiger charge is -2.27. The van der Waals surface area contributed by atoms with E-state index >= 15 is 0 Å². The summed E-state index contributed by atoms with van der Waals surface area (Å²) >= 11 is 0. The number of phenolic OH excluding ortho intramolecular Hbond substituents is 2. The van der Waals surface area contributed by atoms with Gasteiger partial charge in [-0.05, 0) is 23.8 Å². The number of fused-ring (bicyclic) bond motifs is 4. The van der Waals surface area contributed by atoms with Crippen LogP contribution in [0.3, 0.4) is 0 Å². The molecule has 5 aromatic rings. The molecule has 166 valence electrons. The Morgan fingerprint density at radius 3 is 2.56 bits per heavy atom. The number of rotatable bonds is 2. The van der Waals surface area contributed by atoms with E-state index in [-0.39, 0.29) is 23.1 Å². The van der Waals surface area contributed by atoms with Crippen molar-refractivity contribution < 1.29 is 24.2 Å². The molecule has 0 fully saturated rings. The van der Waals surface area contributed by atoms with Crippen LogP contribution in [-0.2, 0) is 4.79 Å². The van der Waals surface area contributed by atoms with E-state index in [0.717, 1.165) is 16.5 Å². The van der Waals surface area contributed by atoms with Gasteiger partial charge in [0, 0.05) is 29.1 Å². The topological polar surface area (TPSA) is 110 Å². The molecule has 0 aliphatic carbocycles. The molecule has 3 heterocycles. The average Bonchev–Trinajstić information content (AvgIpc) is 2.86. The van der Waals surface area contributed by atoms with Gasteiger partial charge in [-0.15, -0.1) is 0 Å². The van der Waals surface area contributed by atoms with E-state index in [4.69, 9.17) is 9.15 Å². The minimum Gasteiger partial charge on any atom is -0.504 e. The van der Waals surface area contributed by atoms with Gasteiger partial charge >= 0.3 is 5.97 Å². The summed E-state index contributed by atoms with van der Waals surface area (Å²) in [6, 6.07) is 19.7. The molecule has 0 bridgehead atoms. The number of ether oxygens (including phenoxy) is 1. The first-order chi connectivity index (χ1) is 16.5. The Bertz CT molecular complexity index is 1670. The first kappa shape index (κ1) is 20.0. The van der Waals surface area contributed by atoms with Crippen LogP contribution in [0, 0.1) is 0 Å². The van der Waals surface area contributed by atoms with Gasteiger partial charge in [0.05, 0.1) is 17.5 Å². The van der Waals surface area contributed by atoms with Gasteiger partial charge in [-0.25, -0.2) is 0 Å². The maximum Gasteiger partial charge on any atom is 0.312 e. The quantitative estimate of drug-likeness (QED) is 0.224. The van der Waals surface area contributed by atoms with Crippen LogP contribution >= 0.6 is 0 Å². The summed E-state index contributed by atoms with van der Waals surface area (Å²) in [5, 5.41) is 22.0. The van der Waals surface area contributed by atoms with Crippen molar-refractivity contribution in [1.29, 1.82) is 0 Å². The van der Waals surface area contributed by atoms with Gasteiger partial charge in [-0.2, -0.15) is 0 Å². The molecule has 6 rings (SSSR count). The molecule has 34 heavy (non-hydrogen) atoms.